The molecule has 1 fully saturated rings. The van der Waals surface area contributed by atoms with E-state index in [1.54, 1.807) is 29.2 Å². The van der Waals surface area contributed by atoms with Gasteiger partial charge in [-0.05, 0) is 36.4 Å². The molecule has 3 N–H and O–H groups in total. The van der Waals surface area contributed by atoms with Crippen LogP contribution in [0.25, 0.3) is 0 Å². The number of benzene rings is 2. The Hall–Kier alpha value is -3.21. The molecule has 4 rings (SSSR count). The highest BCUT2D eigenvalue weighted by Crippen LogP contribution is 2.29. The second kappa shape index (κ2) is 9.29. The molecule has 9 nitrogen and oxygen atoms in total. The van der Waals surface area contributed by atoms with Gasteiger partial charge in [-0.2, -0.15) is 0 Å². The fourth-order valence-electron chi connectivity index (χ4n) is 3.32. The fourth-order valence-corrected chi connectivity index (χ4v) is 4.16. The minimum absolute atomic E-state index is 0.0648. The Morgan fingerprint density at radius 2 is 1.94 bits per heavy atom. The molecule has 2 amide bonds. The standard InChI is InChI=1S/C21H21N5O4S/c1-30-20(29)13-7-9-14(10-8-13)23-17(27)12-31-21-24-18-16(11-22-25-18)19(28)26(21)15-5-3-2-4-6-15/h2-10,16,18,22,25H,11-12H2,1H3,(H,23,27). The Bertz CT molecular complexity index is 1010. The smallest absolute Gasteiger partial charge is 0.337 e. The normalized spacial score (nSPS) is 20.1. The number of fused-ring (bicyclic) bond motifs is 1. The van der Waals surface area contributed by atoms with Crippen molar-refractivity contribution < 1.29 is 19.1 Å². The Kier molecular flexibility index (Phi) is 6.31. The van der Waals surface area contributed by atoms with Gasteiger partial charge in [0.1, 0.15) is 6.17 Å². The number of amidine groups is 1. The van der Waals surface area contributed by atoms with E-state index in [1.165, 1.54) is 18.9 Å². The summed E-state index contributed by atoms with van der Waals surface area (Å²) in [5.74, 6) is -0.989. The van der Waals surface area contributed by atoms with E-state index in [0.717, 1.165) is 0 Å². The molecular formula is C21H21N5O4S. The van der Waals surface area contributed by atoms with Crippen LogP contribution in [0.3, 0.4) is 0 Å². The number of thioether (sulfide) groups is 1. The van der Waals surface area contributed by atoms with Gasteiger partial charge in [0.25, 0.3) is 0 Å². The van der Waals surface area contributed by atoms with Gasteiger partial charge < -0.3 is 10.1 Å². The van der Waals surface area contributed by atoms with Crippen molar-refractivity contribution in [2.24, 2.45) is 10.9 Å². The second-order valence-electron chi connectivity index (χ2n) is 6.90. The third-order valence-corrected chi connectivity index (χ3v) is 5.82. The predicted octanol–water partition coefficient (Wildman–Crippen LogP) is 1.60. The molecule has 0 bridgehead atoms. The number of rotatable bonds is 5. The number of ether oxygens (including phenoxy) is 1. The summed E-state index contributed by atoms with van der Waals surface area (Å²) in [5.41, 5.74) is 7.64. The monoisotopic (exact) mass is 439 g/mol. The molecule has 2 aliphatic rings. The Morgan fingerprint density at radius 3 is 2.65 bits per heavy atom. The molecule has 160 valence electrons. The van der Waals surface area contributed by atoms with E-state index >= 15 is 0 Å². The molecule has 2 aromatic carbocycles. The van der Waals surface area contributed by atoms with Gasteiger partial charge in [-0.15, -0.1) is 0 Å². The summed E-state index contributed by atoms with van der Waals surface area (Å²) in [5, 5.41) is 3.24. The lowest BCUT2D eigenvalue weighted by atomic mass is 10.1. The zero-order valence-corrected chi connectivity index (χ0v) is 17.5. The van der Waals surface area contributed by atoms with Gasteiger partial charge in [-0.3, -0.25) is 19.9 Å². The van der Waals surface area contributed by atoms with Crippen LogP contribution in [0.4, 0.5) is 11.4 Å². The second-order valence-corrected chi connectivity index (χ2v) is 7.85. The first kappa shape index (κ1) is 21.0. The molecule has 0 radical (unpaired) electrons. The van der Waals surface area contributed by atoms with Crippen LogP contribution in [0.5, 0.6) is 0 Å². The van der Waals surface area contributed by atoms with Gasteiger partial charge in [-0.1, -0.05) is 30.0 Å². The topological polar surface area (TPSA) is 112 Å². The van der Waals surface area contributed by atoms with E-state index in [4.69, 9.17) is 0 Å². The first-order valence-corrected chi connectivity index (χ1v) is 10.6. The number of nitrogens with one attached hydrogen (secondary N) is 3. The summed E-state index contributed by atoms with van der Waals surface area (Å²) in [7, 11) is 1.31. The number of hydrazine groups is 1. The van der Waals surface area contributed by atoms with Crippen LogP contribution < -0.4 is 21.1 Å². The van der Waals surface area contributed by atoms with Crippen LogP contribution in [0.2, 0.25) is 0 Å². The largest absolute Gasteiger partial charge is 0.465 e. The van der Waals surface area contributed by atoms with E-state index < -0.39 is 5.97 Å². The molecule has 2 aliphatic heterocycles. The number of anilines is 2. The van der Waals surface area contributed by atoms with E-state index in [2.05, 4.69) is 25.9 Å². The number of methoxy groups -OCH3 is 1. The fraction of sp³-hybridized carbons (Fsp3) is 0.238. The maximum atomic E-state index is 13.1. The lowest BCUT2D eigenvalue weighted by molar-refractivity contribution is -0.121. The maximum Gasteiger partial charge on any atom is 0.337 e. The molecule has 2 unspecified atom stereocenters. The molecule has 2 atom stereocenters. The average molecular weight is 439 g/mol. The summed E-state index contributed by atoms with van der Waals surface area (Å²) in [6.07, 6.45) is -0.358. The minimum atomic E-state index is -0.442. The van der Waals surface area contributed by atoms with Crippen LogP contribution in [0.1, 0.15) is 10.4 Å². The predicted molar refractivity (Wildman–Crippen MR) is 119 cm³/mol. The Labute approximate surface area is 183 Å². The first-order chi connectivity index (χ1) is 15.1. The number of carbonyl (C=O) groups excluding carboxylic acids is 3. The number of carbonyl (C=O) groups is 3. The number of hydrogen-bond acceptors (Lipinski definition) is 8. The van der Waals surface area contributed by atoms with Crippen molar-refractivity contribution in [1.29, 1.82) is 0 Å². The van der Waals surface area contributed by atoms with Gasteiger partial charge in [0.2, 0.25) is 11.8 Å². The molecule has 0 saturated carbocycles. The van der Waals surface area contributed by atoms with Gasteiger partial charge in [0.15, 0.2) is 5.17 Å². The third kappa shape index (κ3) is 4.61. The SMILES string of the molecule is COC(=O)c1ccc(NC(=O)CSC2=NC3NNCC3C(=O)N2c2ccccc2)cc1. The highest BCUT2D eigenvalue weighted by molar-refractivity contribution is 8.14. The lowest BCUT2D eigenvalue weighted by Crippen LogP contribution is -2.49. The number of para-hydroxylation sites is 1. The average Bonchev–Trinajstić information content (AvgIpc) is 3.27. The van der Waals surface area contributed by atoms with Crippen LogP contribution in [-0.2, 0) is 14.3 Å². The van der Waals surface area contributed by atoms with Crippen molar-refractivity contribution >= 4 is 46.1 Å². The first-order valence-electron chi connectivity index (χ1n) is 9.63. The van der Waals surface area contributed by atoms with Crippen molar-refractivity contribution in [3.05, 3.63) is 60.2 Å². The van der Waals surface area contributed by atoms with E-state index in [1.807, 2.05) is 30.3 Å². The molecule has 0 aromatic heterocycles. The molecule has 1 saturated heterocycles. The summed E-state index contributed by atoms with van der Waals surface area (Å²) < 4.78 is 4.66. The number of esters is 1. The molecule has 31 heavy (non-hydrogen) atoms. The van der Waals surface area contributed by atoms with Crippen molar-refractivity contribution in [3.8, 4) is 0 Å². The maximum absolute atomic E-state index is 13.1. The Morgan fingerprint density at radius 1 is 1.19 bits per heavy atom. The number of hydrogen-bond donors (Lipinski definition) is 3. The minimum Gasteiger partial charge on any atom is -0.465 e. The van der Waals surface area contributed by atoms with Crippen LogP contribution in [-0.4, -0.2) is 48.5 Å². The summed E-state index contributed by atoms with van der Waals surface area (Å²) >= 11 is 1.19. The quantitative estimate of drug-likeness (QED) is 0.607. The third-order valence-electron chi connectivity index (χ3n) is 4.87. The highest BCUT2D eigenvalue weighted by Gasteiger charge is 2.42. The van der Waals surface area contributed by atoms with Crippen molar-refractivity contribution in [3.63, 3.8) is 0 Å². The van der Waals surface area contributed by atoms with Crippen molar-refractivity contribution in [2.45, 2.75) is 6.17 Å². The van der Waals surface area contributed by atoms with Crippen molar-refractivity contribution in [1.82, 2.24) is 10.9 Å². The van der Waals surface area contributed by atoms with Crippen LogP contribution in [0.15, 0.2) is 59.6 Å². The molecular weight excluding hydrogens is 418 g/mol. The van der Waals surface area contributed by atoms with Gasteiger partial charge in [0, 0.05) is 12.2 Å². The summed E-state index contributed by atoms with van der Waals surface area (Å²) in [4.78, 5) is 43.3. The summed E-state index contributed by atoms with van der Waals surface area (Å²) in [6.45, 7) is 0.496. The molecule has 10 heteroatoms. The number of amides is 2. The molecule has 2 aromatic rings. The highest BCUT2D eigenvalue weighted by atomic mass is 32.2. The van der Waals surface area contributed by atoms with E-state index in [-0.39, 0.29) is 29.7 Å². The molecule has 2 heterocycles. The number of aliphatic imine (C=N–C) groups is 1. The van der Waals surface area contributed by atoms with E-state index in [9.17, 15) is 14.4 Å². The van der Waals surface area contributed by atoms with Crippen molar-refractivity contribution in [2.75, 3.05) is 29.6 Å². The molecule has 0 aliphatic carbocycles. The van der Waals surface area contributed by atoms with Crippen LogP contribution >= 0.6 is 11.8 Å². The lowest BCUT2D eigenvalue weighted by Gasteiger charge is -2.32. The zero-order chi connectivity index (χ0) is 21.8. The van der Waals surface area contributed by atoms with Crippen LogP contribution in [0, 0.1) is 5.92 Å². The zero-order valence-electron chi connectivity index (χ0n) is 16.7. The Balaban J connectivity index is 1.44. The summed E-state index contributed by atoms with van der Waals surface area (Å²) in [6, 6.07) is 15.7. The molecule has 0 spiro atoms. The van der Waals surface area contributed by atoms with Gasteiger partial charge >= 0.3 is 5.97 Å². The van der Waals surface area contributed by atoms with E-state index in [0.29, 0.717) is 28.7 Å². The number of nitrogens with zero attached hydrogens (tertiary/aromatic N) is 2. The van der Waals surface area contributed by atoms with Gasteiger partial charge in [0.05, 0.1) is 30.0 Å². The van der Waals surface area contributed by atoms with Gasteiger partial charge in [-0.25, -0.2) is 15.2 Å².